The molecule has 0 amide bonds. The largest absolute Gasteiger partial charge is 0.242 e. The number of rotatable bonds is 4. The molecular formula is C14H17ClN2O2S. The highest BCUT2D eigenvalue weighted by atomic mass is 35.5. The van der Waals surface area contributed by atoms with Gasteiger partial charge in [-0.1, -0.05) is 24.4 Å². The van der Waals surface area contributed by atoms with Gasteiger partial charge in [-0.05, 0) is 37.0 Å². The van der Waals surface area contributed by atoms with Gasteiger partial charge in [0.15, 0.2) is 0 Å². The molecule has 0 N–H and O–H groups in total. The zero-order valence-corrected chi connectivity index (χ0v) is 12.9. The second-order valence-electron chi connectivity index (χ2n) is 5.19. The molecular weight excluding hydrogens is 296 g/mol. The maximum Gasteiger partial charge on any atom is 0.242 e. The van der Waals surface area contributed by atoms with Crippen LogP contribution in [0.2, 0.25) is 5.02 Å². The molecule has 0 unspecified atom stereocenters. The second-order valence-corrected chi connectivity index (χ2v) is 7.64. The number of benzene rings is 1. The number of nitriles is 1. The minimum atomic E-state index is -3.53. The summed E-state index contributed by atoms with van der Waals surface area (Å²) in [5, 5.41) is 8.99. The van der Waals surface area contributed by atoms with Gasteiger partial charge in [-0.2, -0.15) is 5.26 Å². The Bertz CT molecular complexity index is 631. The molecule has 1 aromatic carbocycles. The quantitative estimate of drug-likeness (QED) is 0.858. The van der Waals surface area contributed by atoms with Crippen LogP contribution in [0, 0.1) is 17.2 Å². The average molecular weight is 313 g/mol. The Balaban J connectivity index is 2.20. The van der Waals surface area contributed by atoms with Crippen LogP contribution in [-0.4, -0.2) is 26.3 Å². The van der Waals surface area contributed by atoms with Crippen molar-refractivity contribution in [1.29, 1.82) is 5.26 Å². The van der Waals surface area contributed by atoms with Gasteiger partial charge in [-0.3, -0.25) is 0 Å². The summed E-state index contributed by atoms with van der Waals surface area (Å²) in [6.45, 7) is 0.542. The van der Waals surface area contributed by atoms with Crippen molar-refractivity contribution in [2.24, 2.45) is 5.92 Å². The van der Waals surface area contributed by atoms with Crippen molar-refractivity contribution in [3.63, 3.8) is 0 Å². The van der Waals surface area contributed by atoms with Crippen LogP contribution >= 0.6 is 11.6 Å². The number of hydrogen-bond acceptors (Lipinski definition) is 3. The van der Waals surface area contributed by atoms with Crippen molar-refractivity contribution >= 4 is 21.6 Å². The molecule has 20 heavy (non-hydrogen) atoms. The smallest absolute Gasteiger partial charge is 0.207 e. The van der Waals surface area contributed by atoms with Crippen LogP contribution in [0.4, 0.5) is 0 Å². The lowest BCUT2D eigenvalue weighted by Crippen LogP contribution is -2.31. The topological polar surface area (TPSA) is 61.2 Å². The third-order valence-electron chi connectivity index (χ3n) is 3.76. The fourth-order valence-corrected chi connectivity index (χ4v) is 4.14. The minimum Gasteiger partial charge on any atom is -0.207 e. The molecule has 1 fully saturated rings. The predicted molar refractivity (Wildman–Crippen MR) is 77.9 cm³/mol. The summed E-state index contributed by atoms with van der Waals surface area (Å²) in [7, 11) is -1.94. The molecule has 1 aromatic rings. The van der Waals surface area contributed by atoms with Gasteiger partial charge in [-0.25, -0.2) is 12.7 Å². The lowest BCUT2D eigenvalue weighted by Gasteiger charge is -2.21. The zero-order chi connectivity index (χ0) is 14.8. The lowest BCUT2D eigenvalue weighted by atomic mass is 10.1. The SMILES string of the molecule is CN(CC1CCCC1)S(=O)(=O)c1ccc(C#N)c(Cl)c1. The van der Waals surface area contributed by atoms with Gasteiger partial charge in [0.2, 0.25) is 10.0 Å². The fourth-order valence-electron chi connectivity index (χ4n) is 2.58. The first-order valence-electron chi connectivity index (χ1n) is 6.61. The van der Waals surface area contributed by atoms with Gasteiger partial charge in [0.1, 0.15) is 6.07 Å². The van der Waals surface area contributed by atoms with Crippen LogP contribution in [0.15, 0.2) is 23.1 Å². The van der Waals surface area contributed by atoms with Crippen LogP contribution in [-0.2, 0) is 10.0 Å². The Labute approximate surface area is 125 Å². The molecule has 108 valence electrons. The maximum atomic E-state index is 12.5. The molecule has 1 aliphatic rings. The molecule has 0 radical (unpaired) electrons. The van der Waals surface area contributed by atoms with Crippen LogP contribution < -0.4 is 0 Å². The van der Waals surface area contributed by atoms with E-state index in [4.69, 9.17) is 16.9 Å². The van der Waals surface area contributed by atoms with Crippen LogP contribution in [0.1, 0.15) is 31.2 Å². The van der Waals surface area contributed by atoms with Crippen molar-refractivity contribution in [3.8, 4) is 6.07 Å². The molecule has 6 heteroatoms. The Morgan fingerprint density at radius 1 is 1.40 bits per heavy atom. The van der Waals surface area contributed by atoms with E-state index in [0.29, 0.717) is 12.5 Å². The van der Waals surface area contributed by atoms with Crippen LogP contribution in [0.5, 0.6) is 0 Å². The standard InChI is InChI=1S/C14H17ClN2O2S/c1-17(10-11-4-2-3-5-11)20(18,19)13-7-6-12(9-16)14(15)8-13/h6-8,11H,2-5,10H2,1H3. The first-order valence-corrected chi connectivity index (χ1v) is 8.43. The second kappa shape index (κ2) is 6.13. The Hall–Kier alpha value is -1.09. The molecule has 0 aliphatic heterocycles. The highest BCUT2D eigenvalue weighted by Crippen LogP contribution is 2.28. The Morgan fingerprint density at radius 2 is 2.05 bits per heavy atom. The molecule has 0 saturated heterocycles. The summed E-state index contributed by atoms with van der Waals surface area (Å²) in [5.74, 6) is 0.448. The first-order chi connectivity index (χ1) is 9.45. The van der Waals surface area contributed by atoms with Crippen molar-refractivity contribution in [2.45, 2.75) is 30.6 Å². The van der Waals surface area contributed by atoms with E-state index in [1.807, 2.05) is 6.07 Å². The third kappa shape index (κ3) is 3.14. The molecule has 4 nitrogen and oxygen atoms in total. The van der Waals surface area contributed by atoms with Gasteiger partial charge >= 0.3 is 0 Å². The summed E-state index contributed by atoms with van der Waals surface area (Å²) in [6, 6.07) is 6.15. The fraction of sp³-hybridized carbons (Fsp3) is 0.500. The van der Waals surface area contributed by atoms with Crippen molar-refractivity contribution in [3.05, 3.63) is 28.8 Å². The molecule has 1 saturated carbocycles. The van der Waals surface area contributed by atoms with E-state index in [0.717, 1.165) is 12.8 Å². The summed E-state index contributed by atoms with van der Waals surface area (Å²) in [5.41, 5.74) is 0.282. The lowest BCUT2D eigenvalue weighted by molar-refractivity contribution is 0.387. The molecule has 0 heterocycles. The van der Waals surface area contributed by atoms with E-state index in [9.17, 15) is 8.42 Å². The van der Waals surface area contributed by atoms with Gasteiger partial charge in [0.05, 0.1) is 15.5 Å². The minimum absolute atomic E-state index is 0.141. The first kappa shape index (κ1) is 15.3. The number of sulfonamides is 1. The molecule has 0 atom stereocenters. The van der Waals surface area contributed by atoms with Crippen molar-refractivity contribution < 1.29 is 8.42 Å². The molecule has 0 aromatic heterocycles. The van der Waals surface area contributed by atoms with Gasteiger partial charge < -0.3 is 0 Å². The maximum absolute atomic E-state index is 12.5. The molecule has 2 rings (SSSR count). The summed E-state index contributed by atoms with van der Waals surface area (Å²) < 4.78 is 26.3. The number of hydrogen-bond donors (Lipinski definition) is 0. The summed E-state index contributed by atoms with van der Waals surface area (Å²) >= 11 is 5.91. The molecule has 0 bridgehead atoms. The third-order valence-corrected chi connectivity index (χ3v) is 5.89. The average Bonchev–Trinajstić information content (AvgIpc) is 2.91. The van der Waals surface area contributed by atoms with E-state index < -0.39 is 10.0 Å². The van der Waals surface area contributed by atoms with Crippen LogP contribution in [0.25, 0.3) is 0 Å². The molecule has 1 aliphatic carbocycles. The highest BCUT2D eigenvalue weighted by molar-refractivity contribution is 7.89. The van der Waals surface area contributed by atoms with E-state index in [2.05, 4.69) is 0 Å². The Kier molecular flexibility index (Phi) is 4.69. The van der Waals surface area contributed by atoms with E-state index >= 15 is 0 Å². The summed E-state index contributed by atoms with van der Waals surface area (Å²) in [4.78, 5) is 0.141. The summed E-state index contributed by atoms with van der Waals surface area (Å²) in [6.07, 6.45) is 4.55. The monoisotopic (exact) mass is 312 g/mol. The highest BCUT2D eigenvalue weighted by Gasteiger charge is 2.25. The normalized spacial score (nSPS) is 16.5. The van der Waals surface area contributed by atoms with Crippen molar-refractivity contribution in [1.82, 2.24) is 4.31 Å². The Morgan fingerprint density at radius 3 is 2.60 bits per heavy atom. The zero-order valence-electron chi connectivity index (χ0n) is 11.3. The number of nitrogens with zero attached hydrogens (tertiary/aromatic N) is 2. The van der Waals surface area contributed by atoms with E-state index in [1.54, 1.807) is 7.05 Å². The van der Waals surface area contributed by atoms with Crippen molar-refractivity contribution in [2.75, 3.05) is 13.6 Å². The van der Waals surface area contributed by atoms with Crippen LogP contribution in [0.3, 0.4) is 0 Å². The van der Waals surface area contributed by atoms with E-state index in [1.165, 1.54) is 35.3 Å². The number of halogens is 1. The van der Waals surface area contributed by atoms with Gasteiger partial charge in [0.25, 0.3) is 0 Å². The van der Waals surface area contributed by atoms with Gasteiger partial charge in [0, 0.05) is 13.6 Å². The molecule has 0 spiro atoms. The van der Waals surface area contributed by atoms with Gasteiger partial charge in [-0.15, -0.1) is 0 Å². The predicted octanol–water partition coefficient (Wildman–Crippen LogP) is 3.02. The van der Waals surface area contributed by atoms with E-state index in [-0.39, 0.29) is 15.5 Å².